The molecule has 9 nitrogen and oxygen atoms in total. The van der Waals surface area contributed by atoms with Crippen molar-refractivity contribution in [3.63, 3.8) is 0 Å². The Kier molecular flexibility index (Phi) is 7.14. The molecule has 0 bridgehead atoms. The Labute approximate surface area is 215 Å². The molecule has 0 saturated carbocycles. The van der Waals surface area contributed by atoms with Gasteiger partial charge in [-0.3, -0.25) is 24.0 Å². The van der Waals surface area contributed by atoms with E-state index in [1.807, 2.05) is 4.72 Å². The van der Waals surface area contributed by atoms with E-state index in [1.54, 1.807) is 24.3 Å². The van der Waals surface area contributed by atoms with Gasteiger partial charge in [0.25, 0.3) is 17.7 Å². The van der Waals surface area contributed by atoms with E-state index < -0.39 is 50.7 Å². The minimum Gasteiger partial charge on any atom is -0.492 e. The standard InChI is InChI=1S/C25H20F3N3O6S/c1-38(35,36)30-18-13-15(12-16(14-18)25(26,27)28)22(32)29-17-6-8-19(9-7-17)37-11-10-31-23(33)20-4-2-3-5-21(20)24(31)34/h2-9,12-14,30H,10-11H2,1H3,(H,29,32). The molecule has 0 fully saturated rings. The maximum Gasteiger partial charge on any atom is 0.416 e. The first-order valence-electron chi connectivity index (χ1n) is 11.0. The number of imide groups is 1. The number of sulfonamides is 1. The summed E-state index contributed by atoms with van der Waals surface area (Å²) in [5.41, 5.74) is -1.12. The van der Waals surface area contributed by atoms with E-state index in [1.165, 1.54) is 24.3 Å². The van der Waals surface area contributed by atoms with Crippen LogP contribution in [0, 0.1) is 0 Å². The molecule has 13 heteroatoms. The van der Waals surface area contributed by atoms with Gasteiger partial charge in [-0.15, -0.1) is 0 Å². The summed E-state index contributed by atoms with van der Waals surface area (Å²) in [5.74, 6) is -1.35. The zero-order chi connectivity index (χ0) is 27.7. The number of nitrogens with one attached hydrogen (secondary N) is 2. The molecule has 1 heterocycles. The van der Waals surface area contributed by atoms with Crippen molar-refractivity contribution in [2.24, 2.45) is 0 Å². The Morgan fingerprint density at radius 3 is 2.08 bits per heavy atom. The molecule has 3 aromatic carbocycles. The van der Waals surface area contributed by atoms with Crippen LogP contribution in [0.25, 0.3) is 0 Å². The number of carbonyl (C=O) groups is 3. The Bertz CT molecular complexity index is 1490. The summed E-state index contributed by atoms with van der Waals surface area (Å²) in [6, 6.07) is 14.5. The number of halogens is 3. The van der Waals surface area contributed by atoms with E-state index in [-0.39, 0.29) is 18.8 Å². The molecule has 2 N–H and O–H groups in total. The third-order valence-electron chi connectivity index (χ3n) is 5.40. The number of alkyl halides is 3. The first-order valence-corrected chi connectivity index (χ1v) is 12.9. The highest BCUT2D eigenvalue weighted by Gasteiger charge is 2.35. The maximum absolute atomic E-state index is 13.3. The molecule has 0 radical (unpaired) electrons. The van der Waals surface area contributed by atoms with Gasteiger partial charge >= 0.3 is 6.18 Å². The normalized spacial score (nSPS) is 13.3. The smallest absolute Gasteiger partial charge is 0.416 e. The molecule has 1 aliphatic rings. The molecule has 0 aliphatic carbocycles. The van der Waals surface area contributed by atoms with Crippen LogP contribution < -0.4 is 14.8 Å². The van der Waals surface area contributed by atoms with E-state index in [0.717, 1.165) is 17.2 Å². The molecule has 1 aliphatic heterocycles. The monoisotopic (exact) mass is 547 g/mol. The molecular weight excluding hydrogens is 527 g/mol. The number of ether oxygens (including phenoxy) is 1. The molecule has 3 amide bonds. The molecule has 0 unspecified atom stereocenters. The van der Waals surface area contributed by atoms with Crippen LogP contribution in [-0.4, -0.2) is 50.4 Å². The second-order valence-corrected chi connectivity index (χ2v) is 10.1. The second-order valence-electron chi connectivity index (χ2n) is 8.31. The van der Waals surface area contributed by atoms with Gasteiger partial charge in [0.2, 0.25) is 10.0 Å². The lowest BCUT2D eigenvalue weighted by Gasteiger charge is -2.15. The Morgan fingerprint density at radius 1 is 0.921 bits per heavy atom. The van der Waals surface area contributed by atoms with E-state index in [4.69, 9.17) is 4.74 Å². The van der Waals surface area contributed by atoms with Gasteiger partial charge in [0.1, 0.15) is 12.4 Å². The van der Waals surface area contributed by atoms with Crippen molar-refractivity contribution in [1.29, 1.82) is 0 Å². The minimum atomic E-state index is -4.81. The number of nitrogens with zero attached hydrogens (tertiary/aromatic N) is 1. The largest absolute Gasteiger partial charge is 0.492 e. The predicted molar refractivity (Wildman–Crippen MR) is 132 cm³/mol. The van der Waals surface area contributed by atoms with Gasteiger partial charge in [0.15, 0.2) is 0 Å². The average Bonchev–Trinajstić information content (AvgIpc) is 3.08. The lowest BCUT2D eigenvalue weighted by atomic mass is 10.1. The fraction of sp³-hybridized carbons (Fsp3) is 0.160. The van der Waals surface area contributed by atoms with Gasteiger partial charge < -0.3 is 10.1 Å². The number of anilines is 2. The second kappa shape index (κ2) is 10.2. The maximum atomic E-state index is 13.3. The van der Waals surface area contributed by atoms with Crippen molar-refractivity contribution in [1.82, 2.24) is 4.90 Å². The molecule has 3 aromatic rings. The number of amides is 3. The van der Waals surface area contributed by atoms with Gasteiger partial charge in [0.05, 0.1) is 29.5 Å². The molecule has 0 aromatic heterocycles. The number of rotatable bonds is 8. The van der Waals surface area contributed by atoms with E-state index >= 15 is 0 Å². The Morgan fingerprint density at radius 2 is 1.53 bits per heavy atom. The van der Waals surface area contributed by atoms with Crippen LogP contribution in [0.2, 0.25) is 0 Å². The van der Waals surface area contributed by atoms with Crippen molar-refractivity contribution < 1.29 is 40.7 Å². The van der Waals surface area contributed by atoms with Crippen molar-refractivity contribution >= 4 is 39.1 Å². The van der Waals surface area contributed by atoms with Gasteiger partial charge in [0, 0.05) is 16.9 Å². The number of fused-ring (bicyclic) bond motifs is 1. The van der Waals surface area contributed by atoms with Crippen LogP contribution >= 0.6 is 0 Å². The summed E-state index contributed by atoms with van der Waals surface area (Å²) < 4.78 is 70.2. The summed E-state index contributed by atoms with van der Waals surface area (Å²) in [6.45, 7) is 0.0295. The van der Waals surface area contributed by atoms with Crippen molar-refractivity contribution in [3.05, 3.63) is 89.0 Å². The zero-order valence-electron chi connectivity index (χ0n) is 19.7. The molecule has 198 valence electrons. The van der Waals surface area contributed by atoms with Crippen LogP contribution in [0.15, 0.2) is 66.7 Å². The summed E-state index contributed by atoms with van der Waals surface area (Å²) in [7, 11) is -3.88. The third kappa shape index (κ3) is 6.11. The summed E-state index contributed by atoms with van der Waals surface area (Å²) in [5, 5.41) is 2.44. The highest BCUT2D eigenvalue weighted by molar-refractivity contribution is 7.92. The Hall–Kier alpha value is -4.39. The van der Waals surface area contributed by atoms with Crippen LogP contribution in [0.3, 0.4) is 0 Å². The van der Waals surface area contributed by atoms with E-state index in [0.29, 0.717) is 29.0 Å². The number of benzene rings is 3. The lowest BCUT2D eigenvalue weighted by Crippen LogP contribution is -2.33. The van der Waals surface area contributed by atoms with Gasteiger partial charge in [-0.05, 0) is 54.6 Å². The van der Waals surface area contributed by atoms with Crippen LogP contribution in [0.4, 0.5) is 24.5 Å². The number of hydrogen-bond acceptors (Lipinski definition) is 6. The van der Waals surface area contributed by atoms with Crippen molar-refractivity contribution in [3.8, 4) is 5.75 Å². The molecule has 0 spiro atoms. The molecule has 0 saturated heterocycles. The van der Waals surface area contributed by atoms with Crippen LogP contribution in [-0.2, 0) is 16.2 Å². The molecular formula is C25H20F3N3O6S. The van der Waals surface area contributed by atoms with Gasteiger partial charge in [-0.1, -0.05) is 12.1 Å². The molecule has 4 rings (SSSR count). The first kappa shape index (κ1) is 26.7. The first-order chi connectivity index (χ1) is 17.8. The quantitative estimate of drug-likeness (QED) is 0.411. The zero-order valence-corrected chi connectivity index (χ0v) is 20.5. The average molecular weight is 548 g/mol. The number of hydrogen-bond donors (Lipinski definition) is 2. The SMILES string of the molecule is CS(=O)(=O)Nc1cc(C(=O)Nc2ccc(OCCN3C(=O)c4ccccc4C3=O)cc2)cc(C(F)(F)F)c1. The highest BCUT2D eigenvalue weighted by Crippen LogP contribution is 2.32. The third-order valence-corrected chi connectivity index (χ3v) is 6.01. The van der Waals surface area contributed by atoms with Crippen LogP contribution in [0.5, 0.6) is 5.75 Å². The van der Waals surface area contributed by atoms with Gasteiger partial charge in [-0.25, -0.2) is 8.42 Å². The predicted octanol–water partition coefficient (Wildman–Crippen LogP) is 4.00. The highest BCUT2D eigenvalue weighted by atomic mass is 32.2. The number of carbonyl (C=O) groups excluding carboxylic acids is 3. The summed E-state index contributed by atoms with van der Waals surface area (Å²) in [6.07, 6.45) is -4.03. The van der Waals surface area contributed by atoms with Crippen molar-refractivity contribution in [2.45, 2.75) is 6.18 Å². The fourth-order valence-corrected chi connectivity index (χ4v) is 4.28. The molecule has 38 heavy (non-hydrogen) atoms. The fourth-order valence-electron chi connectivity index (χ4n) is 3.73. The molecule has 0 atom stereocenters. The van der Waals surface area contributed by atoms with Gasteiger partial charge in [-0.2, -0.15) is 13.2 Å². The van der Waals surface area contributed by atoms with Crippen molar-refractivity contribution in [2.75, 3.05) is 29.4 Å². The Balaban J connectivity index is 1.38. The minimum absolute atomic E-state index is 0.0114. The van der Waals surface area contributed by atoms with E-state index in [9.17, 15) is 36.0 Å². The lowest BCUT2D eigenvalue weighted by molar-refractivity contribution is -0.137. The summed E-state index contributed by atoms with van der Waals surface area (Å²) in [4.78, 5) is 38.5. The van der Waals surface area contributed by atoms with E-state index in [2.05, 4.69) is 5.32 Å². The van der Waals surface area contributed by atoms with Crippen LogP contribution in [0.1, 0.15) is 36.6 Å². The summed E-state index contributed by atoms with van der Waals surface area (Å²) >= 11 is 0. The topological polar surface area (TPSA) is 122 Å².